The van der Waals surface area contributed by atoms with Gasteiger partial charge in [-0.25, -0.2) is 0 Å². The molecule has 0 saturated carbocycles. The van der Waals surface area contributed by atoms with Crippen molar-refractivity contribution in [3.8, 4) is 0 Å². The molecule has 3 rings (SSSR count). The van der Waals surface area contributed by atoms with E-state index in [1.807, 2.05) is 60.0 Å². The molecule has 6 heteroatoms. The number of hydrogen-bond donors (Lipinski definition) is 1. The van der Waals surface area contributed by atoms with Crippen LogP contribution in [-0.4, -0.2) is 25.8 Å². The van der Waals surface area contributed by atoms with E-state index in [2.05, 4.69) is 29.4 Å². The van der Waals surface area contributed by atoms with E-state index < -0.39 is 0 Å². The minimum absolute atomic E-state index is 0.0409. The molecule has 2 aromatic heterocycles. The highest BCUT2D eigenvalue weighted by molar-refractivity contribution is 8.00. The van der Waals surface area contributed by atoms with Crippen LogP contribution >= 0.6 is 11.8 Å². The Morgan fingerprint density at radius 3 is 2.62 bits per heavy atom. The molecule has 0 fully saturated rings. The van der Waals surface area contributed by atoms with Gasteiger partial charge in [-0.05, 0) is 36.6 Å². The molecular formula is C18H20N4OS. The predicted octanol–water partition coefficient (Wildman–Crippen LogP) is 3.97. The highest BCUT2D eigenvalue weighted by atomic mass is 32.2. The molecule has 5 nitrogen and oxygen atoms in total. The molecule has 1 atom stereocenters. The Bertz CT molecular complexity index is 859. The maximum absolute atomic E-state index is 12.6. The monoisotopic (exact) mass is 340 g/mol. The SMILES string of the molecule is CC(C)c1ccccc1NC(=O)[C@@H](C)Sc1nnc2ccccn12. The van der Waals surface area contributed by atoms with Gasteiger partial charge in [-0.15, -0.1) is 10.2 Å². The fraction of sp³-hybridized carbons (Fsp3) is 0.278. The van der Waals surface area contributed by atoms with Crippen molar-refractivity contribution < 1.29 is 4.79 Å². The minimum atomic E-state index is -0.280. The van der Waals surface area contributed by atoms with Crippen molar-refractivity contribution in [1.29, 1.82) is 0 Å². The maximum Gasteiger partial charge on any atom is 0.237 e. The molecule has 0 radical (unpaired) electrons. The molecule has 124 valence electrons. The summed E-state index contributed by atoms with van der Waals surface area (Å²) in [4.78, 5) is 12.6. The molecule has 3 aromatic rings. The molecular weight excluding hydrogens is 320 g/mol. The standard InChI is InChI=1S/C18H20N4OS/c1-12(2)14-8-4-5-9-15(14)19-17(23)13(3)24-18-21-20-16-10-6-7-11-22(16)18/h4-13H,1-3H3,(H,19,23)/t13-/m1/s1. The number of benzene rings is 1. The van der Waals surface area contributed by atoms with Crippen LogP contribution in [-0.2, 0) is 4.79 Å². The smallest absolute Gasteiger partial charge is 0.237 e. The van der Waals surface area contributed by atoms with Crippen molar-refractivity contribution in [2.75, 3.05) is 5.32 Å². The first-order chi connectivity index (χ1) is 11.6. The summed E-state index contributed by atoms with van der Waals surface area (Å²) in [6.07, 6.45) is 1.90. The Morgan fingerprint density at radius 2 is 1.83 bits per heavy atom. The van der Waals surface area contributed by atoms with Gasteiger partial charge >= 0.3 is 0 Å². The molecule has 1 N–H and O–H groups in total. The van der Waals surface area contributed by atoms with E-state index in [0.717, 1.165) is 16.9 Å². The summed E-state index contributed by atoms with van der Waals surface area (Å²) in [5, 5.41) is 11.7. The van der Waals surface area contributed by atoms with Crippen molar-refractivity contribution in [2.24, 2.45) is 0 Å². The van der Waals surface area contributed by atoms with Gasteiger partial charge in [0.05, 0.1) is 5.25 Å². The lowest BCUT2D eigenvalue weighted by Crippen LogP contribution is -2.23. The zero-order chi connectivity index (χ0) is 17.1. The van der Waals surface area contributed by atoms with E-state index in [1.54, 1.807) is 0 Å². The van der Waals surface area contributed by atoms with Crippen molar-refractivity contribution >= 4 is 29.0 Å². The molecule has 2 heterocycles. The number of hydrogen-bond acceptors (Lipinski definition) is 4. The number of para-hydroxylation sites is 1. The van der Waals surface area contributed by atoms with Gasteiger partial charge in [0.2, 0.25) is 5.91 Å². The third-order valence-electron chi connectivity index (χ3n) is 3.77. The number of nitrogens with zero attached hydrogens (tertiary/aromatic N) is 3. The Hall–Kier alpha value is -2.34. The second kappa shape index (κ2) is 7.05. The van der Waals surface area contributed by atoms with Crippen LogP contribution in [0.3, 0.4) is 0 Å². The number of carbonyl (C=O) groups is 1. The van der Waals surface area contributed by atoms with E-state index in [-0.39, 0.29) is 11.2 Å². The van der Waals surface area contributed by atoms with E-state index >= 15 is 0 Å². The van der Waals surface area contributed by atoms with Crippen molar-refractivity contribution in [2.45, 2.75) is 37.1 Å². The number of thioether (sulfide) groups is 1. The number of pyridine rings is 1. The molecule has 0 saturated heterocycles. The topological polar surface area (TPSA) is 59.3 Å². The van der Waals surface area contributed by atoms with Crippen LogP contribution in [0.25, 0.3) is 5.65 Å². The number of fused-ring (bicyclic) bond motifs is 1. The maximum atomic E-state index is 12.6. The fourth-order valence-electron chi connectivity index (χ4n) is 2.46. The number of anilines is 1. The zero-order valence-electron chi connectivity index (χ0n) is 13.9. The lowest BCUT2D eigenvalue weighted by Gasteiger charge is -2.16. The summed E-state index contributed by atoms with van der Waals surface area (Å²) < 4.78 is 1.89. The average Bonchev–Trinajstić information content (AvgIpc) is 2.98. The molecule has 0 aliphatic rings. The van der Waals surface area contributed by atoms with Gasteiger partial charge < -0.3 is 5.32 Å². The molecule has 24 heavy (non-hydrogen) atoms. The van der Waals surface area contributed by atoms with E-state index in [9.17, 15) is 4.79 Å². The van der Waals surface area contributed by atoms with E-state index in [4.69, 9.17) is 0 Å². The van der Waals surface area contributed by atoms with E-state index in [1.165, 1.54) is 11.8 Å². The summed E-state index contributed by atoms with van der Waals surface area (Å²) in [5.74, 6) is 0.311. The highest BCUT2D eigenvalue weighted by Crippen LogP contribution is 2.26. The van der Waals surface area contributed by atoms with Gasteiger partial charge in [-0.2, -0.15) is 0 Å². The minimum Gasteiger partial charge on any atom is -0.325 e. The average molecular weight is 340 g/mol. The fourth-order valence-corrected chi connectivity index (χ4v) is 3.30. The van der Waals surface area contributed by atoms with Crippen LogP contribution in [0.4, 0.5) is 5.69 Å². The Morgan fingerprint density at radius 1 is 1.08 bits per heavy atom. The number of aromatic nitrogens is 3. The van der Waals surface area contributed by atoms with Crippen molar-refractivity contribution in [3.05, 3.63) is 54.2 Å². The summed E-state index contributed by atoms with van der Waals surface area (Å²) in [7, 11) is 0. The van der Waals surface area contributed by atoms with Crippen LogP contribution in [0.5, 0.6) is 0 Å². The number of carbonyl (C=O) groups excluding carboxylic acids is 1. The third kappa shape index (κ3) is 3.43. The quantitative estimate of drug-likeness (QED) is 0.714. The predicted molar refractivity (Wildman–Crippen MR) is 97.5 cm³/mol. The summed E-state index contributed by atoms with van der Waals surface area (Å²) >= 11 is 1.40. The third-order valence-corrected chi connectivity index (χ3v) is 4.83. The molecule has 0 unspecified atom stereocenters. The summed E-state index contributed by atoms with van der Waals surface area (Å²) in [6.45, 7) is 6.11. The molecule has 0 aliphatic carbocycles. The second-order valence-corrected chi connectivity index (χ2v) is 7.21. The first kappa shape index (κ1) is 16.5. The molecule has 1 amide bonds. The van der Waals surface area contributed by atoms with Gasteiger partial charge in [0.15, 0.2) is 10.8 Å². The first-order valence-electron chi connectivity index (χ1n) is 7.92. The molecule has 1 aromatic carbocycles. The van der Waals surface area contributed by atoms with E-state index in [0.29, 0.717) is 11.1 Å². The van der Waals surface area contributed by atoms with Gasteiger partial charge in [-0.1, -0.05) is 49.9 Å². The van der Waals surface area contributed by atoms with Crippen LogP contribution in [0.2, 0.25) is 0 Å². The van der Waals surface area contributed by atoms with Crippen molar-refractivity contribution in [1.82, 2.24) is 14.6 Å². The van der Waals surface area contributed by atoms with Crippen LogP contribution < -0.4 is 5.32 Å². The second-order valence-electron chi connectivity index (χ2n) is 5.90. The number of nitrogens with one attached hydrogen (secondary N) is 1. The number of rotatable bonds is 5. The number of amides is 1. The van der Waals surface area contributed by atoms with Crippen LogP contribution in [0.15, 0.2) is 53.8 Å². The molecule has 0 spiro atoms. The first-order valence-corrected chi connectivity index (χ1v) is 8.80. The van der Waals surface area contributed by atoms with Gasteiger partial charge in [0, 0.05) is 11.9 Å². The lowest BCUT2D eigenvalue weighted by molar-refractivity contribution is -0.115. The summed E-state index contributed by atoms with van der Waals surface area (Å²) in [5.41, 5.74) is 2.78. The Balaban J connectivity index is 1.74. The lowest BCUT2D eigenvalue weighted by atomic mass is 10.0. The zero-order valence-corrected chi connectivity index (χ0v) is 14.7. The molecule has 0 bridgehead atoms. The van der Waals surface area contributed by atoms with Crippen molar-refractivity contribution in [3.63, 3.8) is 0 Å². The Labute approximate surface area is 145 Å². The largest absolute Gasteiger partial charge is 0.325 e. The van der Waals surface area contributed by atoms with Crippen LogP contribution in [0, 0.1) is 0 Å². The Kier molecular flexibility index (Phi) is 4.85. The highest BCUT2D eigenvalue weighted by Gasteiger charge is 2.19. The summed E-state index contributed by atoms with van der Waals surface area (Å²) in [6, 6.07) is 13.6. The normalized spacial score (nSPS) is 12.5. The van der Waals surface area contributed by atoms with Gasteiger partial charge in [0.25, 0.3) is 0 Å². The van der Waals surface area contributed by atoms with Crippen LogP contribution in [0.1, 0.15) is 32.3 Å². The molecule has 0 aliphatic heterocycles. The van der Waals surface area contributed by atoms with Gasteiger partial charge in [0.1, 0.15) is 0 Å². The van der Waals surface area contributed by atoms with Gasteiger partial charge in [-0.3, -0.25) is 9.20 Å².